The minimum atomic E-state index is -0.0655. The molecule has 1 rings (SSSR count). The molecule has 1 N–H and O–H groups in total. The van der Waals surface area contributed by atoms with Gasteiger partial charge in [0.2, 0.25) is 5.91 Å². The van der Waals surface area contributed by atoms with E-state index in [1.807, 2.05) is 0 Å². The van der Waals surface area contributed by atoms with Gasteiger partial charge >= 0.3 is 0 Å². The van der Waals surface area contributed by atoms with Crippen molar-refractivity contribution >= 4 is 5.91 Å². The molecule has 1 aliphatic carbocycles. The molecule has 0 spiro atoms. The van der Waals surface area contributed by atoms with Crippen LogP contribution in [-0.4, -0.2) is 38.9 Å². The minimum Gasteiger partial charge on any atom is -0.379 e. The van der Waals surface area contributed by atoms with Crippen LogP contribution in [0.3, 0.4) is 0 Å². The molecule has 0 aromatic rings. The molecule has 1 amide bonds. The van der Waals surface area contributed by atoms with E-state index in [-0.39, 0.29) is 24.7 Å². The highest BCUT2D eigenvalue weighted by molar-refractivity contribution is 5.77. The Labute approximate surface area is 72.2 Å². The van der Waals surface area contributed by atoms with Crippen LogP contribution in [0.2, 0.25) is 0 Å². The third kappa shape index (κ3) is 2.19. The van der Waals surface area contributed by atoms with Gasteiger partial charge in [0.15, 0.2) is 0 Å². The summed E-state index contributed by atoms with van der Waals surface area (Å²) in [5.74, 6) is -0.0655. The summed E-state index contributed by atoms with van der Waals surface area (Å²) < 4.78 is 9.81. The van der Waals surface area contributed by atoms with Crippen molar-refractivity contribution in [2.75, 3.05) is 20.8 Å². The van der Waals surface area contributed by atoms with Crippen LogP contribution in [0.5, 0.6) is 0 Å². The number of ether oxygens (including phenoxy) is 2. The average Bonchev–Trinajstić information content (AvgIpc) is 2.00. The molecule has 70 valence electrons. The lowest BCUT2D eigenvalue weighted by Gasteiger charge is -2.35. The topological polar surface area (TPSA) is 47.6 Å². The molecule has 0 aromatic carbocycles. The third-order valence-corrected chi connectivity index (χ3v) is 2.14. The standard InChI is InChI=1S/C8H15NO3/c1-11-5-8(10)9-6-3-4-7(6)12-2/h6-7H,3-5H2,1-2H3,(H,9,10). The van der Waals surface area contributed by atoms with Gasteiger partial charge in [-0.3, -0.25) is 4.79 Å². The highest BCUT2D eigenvalue weighted by Crippen LogP contribution is 2.22. The summed E-state index contributed by atoms with van der Waals surface area (Å²) >= 11 is 0. The predicted octanol–water partition coefficient (Wildman–Crippen LogP) is -0.0736. The average molecular weight is 173 g/mol. The van der Waals surface area contributed by atoms with Crippen LogP contribution in [0.1, 0.15) is 12.8 Å². The Morgan fingerprint density at radius 3 is 2.67 bits per heavy atom. The van der Waals surface area contributed by atoms with Gasteiger partial charge in [-0.2, -0.15) is 0 Å². The van der Waals surface area contributed by atoms with Crippen LogP contribution < -0.4 is 5.32 Å². The molecule has 1 saturated carbocycles. The summed E-state index contributed by atoms with van der Waals surface area (Å²) in [7, 11) is 3.17. The number of amides is 1. The van der Waals surface area contributed by atoms with Crippen LogP contribution in [0, 0.1) is 0 Å². The summed E-state index contributed by atoms with van der Waals surface area (Å²) in [5.41, 5.74) is 0. The lowest BCUT2D eigenvalue weighted by Crippen LogP contribution is -2.51. The second-order valence-corrected chi connectivity index (χ2v) is 2.96. The van der Waals surface area contributed by atoms with Crippen LogP contribution in [0.25, 0.3) is 0 Å². The number of carbonyl (C=O) groups is 1. The third-order valence-electron chi connectivity index (χ3n) is 2.14. The number of methoxy groups -OCH3 is 2. The van der Waals surface area contributed by atoms with E-state index in [0.717, 1.165) is 12.8 Å². The SMILES string of the molecule is COCC(=O)NC1CCC1OC. The fourth-order valence-corrected chi connectivity index (χ4v) is 1.30. The van der Waals surface area contributed by atoms with Crippen LogP contribution in [0.15, 0.2) is 0 Å². The highest BCUT2D eigenvalue weighted by atomic mass is 16.5. The molecule has 12 heavy (non-hydrogen) atoms. The summed E-state index contributed by atoms with van der Waals surface area (Å²) in [4.78, 5) is 11.0. The van der Waals surface area contributed by atoms with Gasteiger partial charge in [0, 0.05) is 14.2 Å². The molecule has 1 fully saturated rings. The van der Waals surface area contributed by atoms with Gasteiger partial charge < -0.3 is 14.8 Å². The van der Waals surface area contributed by atoms with Gasteiger partial charge in [-0.1, -0.05) is 0 Å². The Kier molecular flexibility index (Phi) is 3.49. The van der Waals surface area contributed by atoms with Gasteiger partial charge in [0.05, 0.1) is 12.1 Å². The Balaban J connectivity index is 2.18. The van der Waals surface area contributed by atoms with Crippen molar-refractivity contribution in [2.24, 2.45) is 0 Å². The van der Waals surface area contributed by atoms with Gasteiger partial charge in [-0.15, -0.1) is 0 Å². The molecular formula is C8H15NO3. The van der Waals surface area contributed by atoms with Crippen LogP contribution in [0.4, 0.5) is 0 Å². The molecule has 1 aliphatic rings. The summed E-state index contributed by atoms with van der Waals surface area (Å²) in [6.07, 6.45) is 2.24. The fourth-order valence-electron chi connectivity index (χ4n) is 1.30. The number of nitrogens with one attached hydrogen (secondary N) is 1. The van der Waals surface area contributed by atoms with Crippen molar-refractivity contribution in [2.45, 2.75) is 25.0 Å². The van der Waals surface area contributed by atoms with Gasteiger partial charge in [-0.05, 0) is 12.8 Å². The number of rotatable bonds is 4. The Morgan fingerprint density at radius 2 is 2.25 bits per heavy atom. The zero-order chi connectivity index (χ0) is 8.97. The molecule has 4 heteroatoms. The first-order valence-corrected chi connectivity index (χ1v) is 4.09. The largest absolute Gasteiger partial charge is 0.379 e. The lowest BCUT2D eigenvalue weighted by molar-refractivity contribution is -0.128. The molecule has 0 aliphatic heterocycles. The minimum absolute atomic E-state index is 0.0655. The van der Waals surface area contributed by atoms with E-state index in [2.05, 4.69) is 10.1 Å². The predicted molar refractivity (Wildman–Crippen MR) is 43.8 cm³/mol. The molecule has 2 atom stereocenters. The van der Waals surface area contributed by atoms with Crippen molar-refractivity contribution in [3.05, 3.63) is 0 Å². The first-order valence-electron chi connectivity index (χ1n) is 4.09. The van der Waals surface area contributed by atoms with E-state index in [1.165, 1.54) is 7.11 Å². The number of hydrogen-bond donors (Lipinski definition) is 1. The van der Waals surface area contributed by atoms with Crippen LogP contribution in [-0.2, 0) is 14.3 Å². The highest BCUT2D eigenvalue weighted by Gasteiger charge is 2.31. The maximum atomic E-state index is 11.0. The molecule has 0 radical (unpaired) electrons. The van der Waals surface area contributed by atoms with E-state index < -0.39 is 0 Å². The zero-order valence-corrected chi connectivity index (χ0v) is 7.50. The van der Waals surface area contributed by atoms with E-state index in [9.17, 15) is 4.79 Å². The monoisotopic (exact) mass is 173 g/mol. The normalized spacial score (nSPS) is 27.8. The Hall–Kier alpha value is -0.610. The molecule has 0 bridgehead atoms. The molecule has 2 unspecified atom stereocenters. The summed E-state index contributed by atoms with van der Waals surface area (Å²) in [6.45, 7) is 0.132. The van der Waals surface area contributed by atoms with E-state index in [4.69, 9.17) is 4.74 Å². The second-order valence-electron chi connectivity index (χ2n) is 2.96. The molecule has 0 saturated heterocycles. The molecule has 4 nitrogen and oxygen atoms in total. The number of carbonyl (C=O) groups excluding carboxylic acids is 1. The fraction of sp³-hybridized carbons (Fsp3) is 0.875. The first-order chi connectivity index (χ1) is 5.77. The maximum Gasteiger partial charge on any atom is 0.246 e. The second kappa shape index (κ2) is 4.42. The Bertz CT molecular complexity index is 158. The van der Waals surface area contributed by atoms with Gasteiger partial charge in [0.1, 0.15) is 6.61 Å². The maximum absolute atomic E-state index is 11.0. The van der Waals surface area contributed by atoms with Crippen molar-refractivity contribution in [1.29, 1.82) is 0 Å². The van der Waals surface area contributed by atoms with E-state index >= 15 is 0 Å². The summed E-state index contributed by atoms with van der Waals surface area (Å²) in [5, 5.41) is 2.83. The lowest BCUT2D eigenvalue weighted by atomic mass is 9.89. The Morgan fingerprint density at radius 1 is 1.50 bits per heavy atom. The zero-order valence-electron chi connectivity index (χ0n) is 7.50. The van der Waals surface area contributed by atoms with Crippen molar-refractivity contribution in [1.82, 2.24) is 5.32 Å². The molecule has 0 heterocycles. The molecular weight excluding hydrogens is 158 g/mol. The number of hydrogen-bond acceptors (Lipinski definition) is 3. The smallest absolute Gasteiger partial charge is 0.246 e. The molecule has 0 aromatic heterocycles. The quantitative estimate of drug-likeness (QED) is 0.647. The van der Waals surface area contributed by atoms with Crippen molar-refractivity contribution < 1.29 is 14.3 Å². The van der Waals surface area contributed by atoms with E-state index in [0.29, 0.717) is 0 Å². The van der Waals surface area contributed by atoms with Gasteiger partial charge in [0.25, 0.3) is 0 Å². The van der Waals surface area contributed by atoms with Crippen molar-refractivity contribution in [3.63, 3.8) is 0 Å². The van der Waals surface area contributed by atoms with E-state index in [1.54, 1.807) is 7.11 Å². The van der Waals surface area contributed by atoms with Crippen LogP contribution >= 0.6 is 0 Å². The summed E-state index contributed by atoms with van der Waals surface area (Å²) in [6, 6.07) is 0.192. The first kappa shape index (κ1) is 9.48. The van der Waals surface area contributed by atoms with Crippen molar-refractivity contribution in [3.8, 4) is 0 Å². The van der Waals surface area contributed by atoms with Gasteiger partial charge in [-0.25, -0.2) is 0 Å².